The number of benzene rings is 2. The van der Waals surface area contributed by atoms with Crippen molar-refractivity contribution in [2.45, 2.75) is 25.3 Å². The van der Waals surface area contributed by atoms with Crippen molar-refractivity contribution in [1.29, 1.82) is 0 Å². The van der Waals surface area contributed by atoms with Crippen molar-refractivity contribution in [2.24, 2.45) is 5.73 Å². The molecule has 2 aromatic carbocycles. The lowest BCUT2D eigenvalue weighted by Crippen LogP contribution is -2.20. The van der Waals surface area contributed by atoms with Crippen LogP contribution < -0.4 is 11.1 Å². The van der Waals surface area contributed by atoms with E-state index in [1.165, 1.54) is 12.1 Å². The molecule has 0 aromatic heterocycles. The van der Waals surface area contributed by atoms with E-state index in [0.29, 0.717) is 12.8 Å². The number of rotatable bonds is 3. The van der Waals surface area contributed by atoms with Crippen molar-refractivity contribution in [3.63, 3.8) is 0 Å². The Morgan fingerprint density at radius 2 is 1.90 bits per heavy atom. The fourth-order valence-corrected chi connectivity index (χ4v) is 2.63. The summed E-state index contributed by atoms with van der Waals surface area (Å²) in [5.41, 5.74) is 10.3. The number of nitrogens with two attached hydrogens (primary N) is 1. The van der Waals surface area contributed by atoms with E-state index in [-0.39, 0.29) is 17.8 Å². The Labute approximate surface area is 123 Å². The third-order valence-electron chi connectivity index (χ3n) is 3.82. The van der Waals surface area contributed by atoms with Gasteiger partial charge >= 0.3 is 0 Å². The fraction of sp³-hybridized carbons (Fsp3) is 0.235. The number of halogens is 1. The van der Waals surface area contributed by atoms with Crippen molar-refractivity contribution in [3.05, 3.63) is 65.0 Å². The van der Waals surface area contributed by atoms with Crippen LogP contribution in [0, 0.1) is 5.82 Å². The minimum Gasteiger partial charge on any atom is -0.326 e. The van der Waals surface area contributed by atoms with E-state index in [4.69, 9.17) is 5.73 Å². The number of fused-ring (bicyclic) bond motifs is 1. The summed E-state index contributed by atoms with van der Waals surface area (Å²) >= 11 is 0. The summed E-state index contributed by atoms with van der Waals surface area (Å²) in [5, 5.41) is 2.86. The molecule has 1 amide bonds. The average Bonchev–Trinajstić information content (AvgIpc) is 2.49. The van der Waals surface area contributed by atoms with Crippen LogP contribution >= 0.6 is 0 Å². The van der Waals surface area contributed by atoms with Gasteiger partial charge in [-0.05, 0) is 47.7 Å². The summed E-state index contributed by atoms with van der Waals surface area (Å²) in [7, 11) is 0. The number of aryl methyl sites for hydroxylation is 1. The van der Waals surface area contributed by atoms with Gasteiger partial charge < -0.3 is 11.1 Å². The first-order valence-electron chi connectivity index (χ1n) is 7.04. The lowest BCUT2D eigenvalue weighted by atomic mass is 9.94. The summed E-state index contributed by atoms with van der Waals surface area (Å²) < 4.78 is 12.9. The standard InChI is InChI=1S/C17H17FN2O/c18-14-5-1-11(2-6-14)9-15(19)12-3-7-16-13(10-12)4-8-17(21)20-16/h1-3,5-7,10,15H,4,8-9,19H2,(H,20,21). The molecule has 1 unspecified atom stereocenters. The molecule has 4 heteroatoms. The molecule has 3 N–H and O–H groups in total. The number of carbonyl (C=O) groups is 1. The zero-order valence-corrected chi connectivity index (χ0v) is 11.6. The molecule has 0 bridgehead atoms. The smallest absolute Gasteiger partial charge is 0.224 e. The van der Waals surface area contributed by atoms with Crippen LogP contribution in [-0.4, -0.2) is 5.91 Å². The molecule has 0 saturated heterocycles. The van der Waals surface area contributed by atoms with E-state index < -0.39 is 0 Å². The monoisotopic (exact) mass is 284 g/mol. The number of hydrogen-bond donors (Lipinski definition) is 2. The first kappa shape index (κ1) is 13.8. The minimum atomic E-state index is -0.239. The molecule has 1 heterocycles. The Hall–Kier alpha value is -2.20. The van der Waals surface area contributed by atoms with Crippen LogP contribution in [0.1, 0.15) is 29.2 Å². The van der Waals surface area contributed by atoms with Crippen molar-refractivity contribution < 1.29 is 9.18 Å². The number of carbonyl (C=O) groups excluding carboxylic acids is 1. The van der Waals surface area contributed by atoms with E-state index in [0.717, 1.165) is 28.8 Å². The normalized spacial score (nSPS) is 15.2. The molecule has 0 saturated carbocycles. The second-order valence-electron chi connectivity index (χ2n) is 5.40. The van der Waals surface area contributed by atoms with Gasteiger partial charge in [0, 0.05) is 18.2 Å². The molecule has 108 valence electrons. The highest BCUT2D eigenvalue weighted by atomic mass is 19.1. The highest BCUT2D eigenvalue weighted by Gasteiger charge is 2.16. The second-order valence-corrected chi connectivity index (χ2v) is 5.40. The molecule has 0 aliphatic carbocycles. The summed E-state index contributed by atoms with van der Waals surface area (Å²) in [6, 6.07) is 12.2. The third-order valence-corrected chi connectivity index (χ3v) is 3.82. The lowest BCUT2D eigenvalue weighted by Gasteiger charge is -2.20. The van der Waals surface area contributed by atoms with Gasteiger partial charge in [0.2, 0.25) is 5.91 Å². The molecule has 3 nitrogen and oxygen atoms in total. The van der Waals surface area contributed by atoms with E-state index in [2.05, 4.69) is 11.4 Å². The highest BCUT2D eigenvalue weighted by Crippen LogP contribution is 2.26. The van der Waals surface area contributed by atoms with E-state index in [1.54, 1.807) is 12.1 Å². The molecule has 1 aliphatic heterocycles. The Morgan fingerprint density at radius 3 is 2.67 bits per heavy atom. The van der Waals surface area contributed by atoms with Crippen LogP contribution in [0.4, 0.5) is 10.1 Å². The van der Waals surface area contributed by atoms with Crippen molar-refractivity contribution in [3.8, 4) is 0 Å². The van der Waals surface area contributed by atoms with Gasteiger partial charge in [0.25, 0.3) is 0 Å². The molecule has 0 radical (unpaired) electrons. The Bertz CT molecular complexity index is 667. The molecule has 0 spiro atoms. The van der Waals surface area contributed by atoms with Crippen molar-refractivity contribution >= 4 is 11.6 Å². The van der Waals surface area contributed by atoms with E-state index >= 15 is 0 Å². The van der Waals surface area contributed by atoms with Crippen LogP contribution in [0.15, 0.2) is 42.5 Å². The van der Waals surface area contributed by atoms with Crippen LogP contribution in [0.25, 0.3) is 0 Å². The van der Waals surface area contributed by atoms with E-state index in [1.807, 2.05) is 12.1 Å². The summed E-state index contributed by atoms with van der Waals surface area (Å²) in [6.07, 6.45) is 1.92. The quantitative estimate of drug-likeness (QED) is 0.910. The first-order chi connectivity index (χ1) is 10.1. The van der Waals surface area contributed by atoms with Gasteiger partial charge in [-0.25, -0.2) is 4.39 Å². The molecule has 3 rings (SSSR count). The van der Waals surface area contributed by atoms with Gasteiger partial charge in [0.15, 0.2) is 0 Å². The SMILES string of the molecule is NC(Cc1ccc(F)cc1)c1ccc2c(c1)CCC(=O)N2. The predicted molar refractivity (Wildman–Crippen MR) is 80.4 cm³/mol. The Morgan fingerprint density at radius 1 is 1.14 bits per heavy atom. The zero-order valence-electron chi connectivity index (χ0n) is 11.6. The molecular formula is C17H17FN2O. The van der Waals surface area contributed by atoms with Gasteiger partial charge in [-0.3, -0.25) is 4.79 Å². The van der Waals surface area contributed by atoms with Gasteiger partial charge in [-0.15, -0.1) is 0 Å². The van der Waals surface area contributed by atoms with Crippen LogP contribution in [0.5, 0.6) is 0 Å². The lowest BCUT2D eigenvalue weighted by molar-refractivity contribution is -0.116. The second kappa shape index (κ2) is 5.66. The van der Waals surface area contributed by atoms with Crippen LogP contribution in [0.2, 0.25) is 0 Å². The molecular weight excluding hydrogens is 267 g/mol. The van der Waals surface area contributed by atoms with Gasteiger partial charge in [0.1, 0.15) is 5.82 Å². The average molecular weight is 284 g/mol. The number of amides is 1. The maximum absolute atomic E-state index is 12.9. The maximum Gasteiger partial charge on any atom is 0.224 e. The number of nitrogens with one attached hydrogen (secondary N) is 1. The highest BCUT2D eigenvalue weighted by molar-refractivity contribution is 5.93. The topological polar surface area (TPSA) is 55.1 Å². The van der Waals surface area contributed by atoms with Crippen molar-refractivity contribution in [2.75, 3.05) is 5.32 Å². The summed E-state index contributed by atoms with van der Waals surface area (Å²) in [4.78, 5) is 11.3. The maximum atomic E-state index is 12.9. The van der Waals surface area contributed by atoms with E-state index in [9.17, 15) is 9.18 Å². The van der Waals surface area contributed by atoms with Gasteiger partial charge in [-0.2, -0.15) is 0 Å². The molecule has 1 atom stereocenters. The predicted octanol–water partition coefficient (Wildman–Crippen LogP) is 2.95. The van der Waals surface area contributed by atoms with Gasteiger partial charge in [-0.1, -0.05) is 24.3 Å². The van der Waals surface area contributed by atoms with Crippen molar-refractivity contribution in [1.82, 2.24) is 0 Å². The largest absolute Gasteiger partial charge is 0.326 e. The summed E-state index contributed by atoms with van der Waals surface area (Å²) in [5.74, 6) is -0.178. The fourth-order valence-electron chi connectivity index (χ4n) is 2.63. The first-order valence-corrected chi connectivity index (χ1v) is 7.04. The Balaban J connectivity index is 1.77. The van der Waals surface area contributed by atoms with Crippen LogP contribution in [-0.2, 0) is 17.6 Å². The minimum absolute atomic E-state index is 0.0610. The molecule has 0 fully saturated rings. The zero-order chi connectivity index (χ0) is 14.8. The van der Waals surface area contributed by atoms with Crippen LogP contribution in [0.3, 0.4) is 0 Å². The summed E-state index contributed by atoms with van der Waals surface area (Å²) in [6.45, 7) is 0. The Kier molecular flexibility index (Phi) is 3.71. The molecule has 2 aromatic rings. The molecule has 1 aliphatic rings. The van der Waals surface area contributed by atoms with Gasteiger partial charge in [0.05, 0.1) is 0 Å². The number of anilines is 1. The molecule has 21 heavy (non-hydrogen) atoms. The third kappa shape index (κ3) is 3.11. The number of hydrogen-bond acceptors (Lipinski definition) is 2.